The number of aromatic carboxylic acids is 1. The molecule has 0 radical (unpaired) electrons. The third-order valence-corrected chi connectivity index (χ3v) is 2.16. The van der Waals surface area contributed by atoms with Crippen LogP contribution in [0.25, 0.3) is 0 Å². The highest BCUT2D eigenvalue weighted by Crippen LogP contribution is 2.02. The molecule has 19 heavy (non-hydrogen) atoms. The van der Waals surface area contributed by atoms with Gasteiger partial charge in [-0.15, -0.1) is 0 Å². The fourth-order valence-corrected chi connectivity index (χ4v) is 1.20. The van der Waals surface area contributed by atoms with Crippen molar-refractivity contribution < 1.29 is 9.90 Å². The second kappa shape index (κ2) is 7.26. The first kappa shape index (κ1) is 14.0. The molecule has 0 aliphatic rings. The maximum Gasteiger partial charge on any atom is 0.335 e. The zero-order chi connectivity index (χ0) is 14.1. The summed E-state index contributed by atoms with van der Waals surface area (Å²) in [6.07, 6.45) is 0. The molecule has 0 atom stereocenters. The van der Waals surface area contributed by atoms with Crippen LogP contribution in [0.5, 0.6) is 0 Å². The van der Waals surface area contributed by atoms with Crippen LogP contribution in [0.2, 0.25) is 0 Å². The van der Waals surface area contributed by atoms with Gasteiger partial charge in [0.25, 0.3) is 0 Å². The standard InChI is InChI=1S/C8H5NO2.C7H5N/c9-5-6-1-3-7(4-2-6)8(10)11;8-6-7-4-2-1-3-5-7/h1-4H,(H,10,11);1-5H. The third-order valence-electron chi connectivity index (χ3n) is 2.16. The Morgan fingerprint density at radius 1 is 0.842 bits per heavy atom. The van der Waals surface area contributed by atoms with Gasteiger partial charge in [0.05, 0.1) is 28.8 Å². The minimum Gasteiger partial charge on any atom is -0.478 e. The van der Waals surface area contributed by atoms with Crippen molar-refractivity contribution in [3.05, 3.63) is 71.3 Å². The highest BCUT2D eigenvalue weighted by molar-refractivity contribution is 5.87. The number of carbonyl (C=O) groups is 1. The molecular weight excluding hydrogens is 240 g/mol. The van der Waals surface area contributed by atoms with Gasteiger partial charge >= 0.3 is 5.97 Å². The van der Waals surface area contributed by atoms with Gasteiger partial charge in [-0.2, -0.15) is 10.5 Å². The van der Waals surface area contributed by atoms with E-state index in [1.807, 2.05) is 30.3 Å². The van der Waals surface area contributed by atoms with Gasteiger partial charge in [-0.25, -0.2) is 4.79 Å². The first-order chi connectivity index (χ1) is 9.17. The molecular formula is C15H10N2O2. The van der Waals surface area contributed by atoms with Gasteiger partial charge < -0.3 is 5.11 Å². The molecule has 0 fully saturated rings. The summed E-state index contributed by atoms with van der Waals surface area (Å²) in [7, 11) is 0. The van der Waals surface area contributed by atoms with E-state index in [1.54, 1.807) is 12.1 Å². The smallest absolute Gasteiger partial charge is 0.335 e. The largest absolute Gasteiger partial charge is 0.478 e. The van der Waals surface area contributed by atoms with Crippen molar-refractivity contribution in [3.63, 3.8) is 0 Å². The van der Waals surface area contributed by atoms with E-state index in [1.165, 1.54) is 24.3 Å². The number of rotatable bonds is 1. The number of benzene rings is 2. The van der Waals surface area contributed by atoms with Crippen LogP contribution in [0, 0.1) is 22.7 Å². The van der Waals surface area contributed by atoms with Gasteiger partial charge in [0, 0.05) is 0 Å². The lowest BCUT2D eigenvalue weighted by Crippen LogP contribution is -1.94. The fourth-order valence-electron chi connectivity index (χ4n) is 1.20. The molecule has 0 unspecified atom stereocenters. The molecule has 2 rings (SSSR count). The molecule has 0 saturated carbocycles. The lowest BCUT2D eigenvalue weighted by Gasteiger charge is -1.91. The van der Waals surface area contributed by atoms with E-state index in [4.69, 9.17) is 15.6 Å². The average Bonchev–Trinajstić information content (AvgIpc) is 2.48. The van der Waals surface area contributed by atoms with E-state index in [0.717, 1.165) is 0 Å². The Kier molecular flexibility index (Phi) is 5.33. The molecule has 0 saturated heterocycles. The molecule has 4 nitrogen and oxygen atoms in total. The summed E-state index contributed by atoms with van der Waals surface area (Å²) in [4.78, 5) is 10.3. The molecule has 0 heterocycles. The van der Waals surface area contributed by atoms with Crippen LogP contribution < -0.4 is 0 Å². The molecule has 2 aromatic carbocycles. The predicted molar refractivity (Wildman–Crippen MR) is 69.3 cm³/mol. The van der Waals surface area contributed by atoms with Crippen molar-refractivity contribution in [3.8, 4) is 12.1 Å². The SMILES string of the molecule is N#Cc1ccc(C(=O)O)cc1.N#Cc1ccccc1. The van der Waals surface area contributed by atoms with Crippen LogP contribution in [0.15, 0.2) is 54.6 Å². The molecule has 0 spiro atoms. The van der Waals surface area contributed by atoms with Gasteiger partial charge in [0.1, 0.15) is 0 Å². The van der Waals surface area contributed by atoms with Crippen LogP contribution in [0.3, 0.4) is 0 Å². The Morgan fingerprint density at radius 3 is 1.68 bits per heavy atom. The summed E-state index contributed by atoms with van der Waals surface area (Å²) < 4.78 is 0. The van der Waals surface area contributed by atoms with Crippen molar-refractivity contribution in [2.24, 2.45) is 0 Å². The molecule has 92 valence electrons. The molecule has 1 N–H and O–H groups in total. The Labute approximate surface area is 110 Å². The van der Waals surface area contributed by atoms with Crippen LogP contribution in [-0.4, -0.2) is 11.1 Å². The van der Waals surface area contributed by atoms with Gasteiger partial charge in [0.15, 0.2) is 0 Å². The first-order valence-electron chi connectivity index (χ1n) is 5.36. The summed E-state index contributed by atoms with van der Waals surface area (Å²) in [5.74, 6) is -0.977. The summed E-state index contributed by atoms with van der Waals surface area (Å²) >= 11 is 0. The Bertz CT molecular complexity index is 620. The minimum absolute atomic E-state index is 0.198. The van der Waals surface area contributed by atoms with Crippen molar-refractivity contribution in [1.29, 1.82) is 10.5 Å². The number of carboxylic acid groups (broad SMARTS) is 1. The van der Waals surface area contributed by atoms with Crippen molar-refractivity contribution in [2.75, 3.05) is 0 Å². The van der Waals surface area contributed by atoms with E-state index in [9.17, 15) is 4.79 Å². The highest BCUT2D eigenvalue weighted by atomic mass is 16.4. The minimum atomic E-state index is -0.977. The summed E-state index contributed by atoms with van der Waals surface area (Å²) in [6, 6.07) is 18.8. The monoisotopic (exact) mass is 250 g/mol. The second-order valence-electron chi connectivity index (χ2n) is 3.47. The Morgan fingerprint density at radius 2 is 1.32 bits per heavy atom. The number of nitrogens with zero attached hydrogens (tertiary/aromatic N) is 2. The van der Waals surface area contributed by atoms with Gasteiger partial charge in [-0.05, 0) is 36.4 Å². The molecule has 0 amide bonds. The highest BCUT2D eigenvalue weighted by Gasteiger charge is 1.99. The number of nitriles is 2. The van der Waals surface area contributed by atoms with E-state index in [0.29, 0.717) is 11.1 Å². The second-order valence-corrected chi connectivity index (χ2v) is 3.47. The van der Waals surface area contributed by atoms with Gasteiger partial charge in [-0.3, -0.25) is 0 Å². The fraction of sp³-hybridized carbons (Fsp3) is 0. The first-order valence-corrected chi connectivity index (χ1v) is 5.36. The summed E-state index contributed by atoms with van der Waals surface area (Å²) in [6.45, 7) is 0. The zero-order valence-corrected chi connectivity index (χ0v) is 9.95. The predicted octanol–water partition coefficient (Wildman–Crippen LogP) is 2.81. The molecule has 0 bridgehead atoms. The van der Waals surface area contributed by atoms with Crippen LogP contribution in [-0.2, 0) is 0 Å². The van der Waals surface area contributed by atoms with Crippen LogP contribution in [0.1, 0.15) is 21.5 Å². The maximum atomic E-state index is 10.3. The van der Waals surface area contributed by atoms with Crippen LogP contribution >= 0.6 is 0 Å². The molecule has 0 aliphatic heterocycles. The topological polar surface area (TPSA) is 84.9 Å². The lowest BCUT2D eigenvalue weighted by molar-refractivity contribution is 0.0697. The lowest BCUT2D eigenvalue weighted by atomic mass is 10.1. The number of carboxylic acids is 1. The quantitative estimate of drug-likeness (QED) is 0.843. The molecule has 2 aromatic rings. The van der Waals surface area contributed by atoms with E-state index in [-0.39, 0.29) is 5.56 Å². The summed E-state index contributed by atoms with van der Waals surface area (Å²) in [5.41, 5.74) is 1.38. The van der Waals surface area contributed by atoms with E-state index in [2.05, 4.69) is 0 Å². The molecule has 4 heteroatoms. The third kappa shape index (κ3) is 4.72. The maximum absolute atomic E-state index is 10.3. The van der Waals surface area contributed by atoms with E-state index < -0.39 is 5.97 Å². The summed E-state index contributed by atoms with van der Waals surface area (Å²) in [5, 5.41) is 25.1. The van der Waals surface area contributed by atoms with Crippen molar-refractivity contribution in [1.82, 2.24) is 0 Å². The zero-order valence-electron chi connectivity index (χ0n) is 9.95. The van der Waals surface area contributed by atoms with Gasteiger partial charge in [-0.1, -0.05) is 18.2 Å². The number of hydrogen-bond donors (Lipinski definition) is 1. The van der Waals surface area contributed by atoms with Crippen molar-refractivity contribution >= 4 is 5.97 Å². The number of hydrogen-bond acceptors (Lipinski definition) is 3. The molecule has 0 aromatic heterocycles. The average molecular weight is 250 g/mol. The Hall–Kier alpha value is -3.11. The van der Waals surface area contributed by atoms with Crippen LogP contribution in [0.4, 0.5) is 0 Å². The molecule has 0 aliphatic carbocycles. The van der Waals surface area contributed by atoms with Gasteiger partial charge in [0.2, 0.25) is 0 Å². The van der Waals surface area contributed by atoms with E-state index >= 15 is 0 Å². The normalized spacial score (nSPS) is 8.32. The van der Waals surface area contributed by atoms with Crippen molar-refractivity contribution in [2.45, 2.75) is 0 Å². The Balaban J connectivity index is 0.000000200.